The van der Waals surface area contributed by atoms with Gasteiger partial charge in [0.05, 0.1) is 12.4 Å². The summed E-state index contributed by atoms with van der Waals surface area (Å²) < 4.78 is 5.64. The molecule has 5 nitrogen and oxygen atoms in total. The Labute approximate surface area is 134 Å². The zero-order valence-corrected chi connectivity index (χ0v) is 12.3. The van der Waals surface area contributed by atoms with Crippen LogP contribution in [0.25, 0.3) is 11.4 Å². The fraction of sp³-hybridized carbons (Fsp3) is 0.0588. The van der Waals surface area contributed by atoms with Crippen LogP contribution in [-0.2, 0) is 6.61 Å². The van der Waals surface area contributed by atoms with Crippen LogP contribution in [0.15, 0.2) is 67.0 Å². The molecule has 2 aromatic carbocycles. The standard InChI is InChI=1S/C17H15BN2O3/c21-18(22)15-8-6-14(7-9-15)17-19-10-16(11-20-17)23-12-13-4-2-1-3-5-13/h1-11,21-22H,12H2. The zero-order chi connectivity index (χ0) is 16.1. The maximum absolute atomic E-state index is 9.08. The van der Waals surface area contributed by atoms with Crippen LogP contribution in [0.2, 0.25) is 0 Å². The van der Waals surface area contributed by atoms with Gasteiger partial charge in [-0.2, -0.15) is 0 Å². The molecule has 3 aromatic rings. The molecule has 0 aliphatic rings. The minimum atomic E-state index is -1.47. The lowest BCUT2D eigenvalue weighted by Crippen LogP contribution is -2.29. The summed E-state index contributed by atoms with van der Waals surface area (Å²) in [7, 11) is -1.47. The van der Waals surface area contributed by atoms with E-state index in [-0.39, 0.29) is 0 Å². The van der Waals surface area contributed by atoms with Crippen molar-refractivity contribution in [3.05, 3.63) is 72.6 Å². The van der Waals surface area contributed by atoms with Crippen molar-refractivity contribution in [2.75, 3.05) is 0 Å². The Morgan fingerprint density at radius 3 is 2.13 bits per heavy atom. The molecule has 0 fully saturated rings. The third-order valence-corrected chi connectivity index (χ3v) is 3.34. The van der Waals surface area contributed by atoms with Gasteiger partial charge in [-0.25, -0.2) is 9.97 Å². The number of ether oxygens (including phenoxy) is 1. The second-order valence-electron chi connectivity index (χ2n) is 5.01. The summed E-state index contributed by atoms with van der Waals surface area (Å²) in [4.78, 5) is 8.55. The average molecular weight is 306 g/mol. The third kappa shape index (κ3) is 3.94. The van der Waals surface area contributed by atoms with E-state index < -0.39 is 7.12 Å². The molecule has 0 aliphatic heterocycles. The minimum absolute atomic E-state index is 0.427. The SMILES string of the molecule is OB(O)c1ccc(-c2ncc(OCc3ccccc3)cn2)cc1. The number of benzene rings is 2. The van der Waals surface area contributed by atoms with Crippen molar-refractivity contribution in [3.63, 3.8) is 0 Å². The highest BCUT2D eigenvalue weighted by atomic mass is 16.5. The molecular weight excluding hydrogens is 291 g/mol. The first-order chi connectivity index (χ1) is 11.2. The molecule has 0 spiro atoms. The molecule has 0 radical (unpaired) electrons. The molecule has 1 heterocycles. The van der Waals surface area contributed by atoms with E-state index in [9.17, 15) is 0 Å². The molecule has 0 atom stereocenters. The third-order valence-electron chi connectivity index (χ3n) is 3.34. The number of rotatable bonds is 5. The van der Waals surface area contributed by atoms with E-state index in [1.807, 2.05) is 30.3 Å². The Hall–Kier alpha value is -2.70. The van der Waals surface area contributed by atoms with Gasteiger partial charge in [0, 0.05) is 5.56 Å². The molecule has 0 amide bonds. The molecule has 0 bridgehead atoms. The minimum Gasteiger partial charge on any atom is -0.486 e. The quantitative estimate of drug-likeness (QED) is 0.697. The molecular formula is C17H15BN2O3. The largest absolute Gasteiger partial charge is 0.488 e. The van der Waals surface area contributed by atoms with Gasteiger partial charge < -0.3 is 14.8 Å². The van der Waals surface area contributed by atoms with Crippen molar-refractivity contribution in [1.82, 2.24) is 9.97 Å². The Morgan fingerprint density at radius 1 is 0.870 bits per heavy atom. The number of aromatic nitrogens is 2. The summed E-state index contributed by atoms with van der Waals surface area (Å²) in [6.07, 6.45) is 3.25. The number of nitrogens with zero attached hydrogens (tertiary/aromatic N) is 2. The van der Waals surface area contributed by atoms with Crippen LogP contribution < -0.4 is 10.2 Å². The normalized spacial score (nSPS) is 10.3. The summed E-state index contributed by atoms with van der Waals surface area (Å²) in [6.45, 7) is 0.465. The average Bonchev–Trinajstić information content (AvgIpc) is 2.61. The van der Waals surface area contributed by atoms with E-state index >= 15 is 0 Å². The lowest BCUT2D eigenvalue weighted by atomic mass is 9.80. The van der Waals surface area contributed by atoms with Gasteiger partial charge >= 0.3 is 7.12 Å². The number of hydrogen-bond donors (Lipinski definition) is 2. The van der Waals surface area contributed by atoms with Crippen molar-refractivity contribution in [2.45, 2.75) is 6.61 Å². The summed E-state index contributed by atoms with van der Waals surface area (Å²) in [5, 5.41) is 18.2. The van der Waals surface area contributed by atoms with Gasteiger partial charge in [0.2, 0.25) is 0 Å². The van der Waals surface area contributed by atoms with Crippen molar-refractivity contribution in [2.24, 2.45) is 0 Å². The van der Waals surface area contributed by atoms with Crippen molar-refractivity contribution in [1.29, 1.82) is 0 Å². The van der Waals surface area contributed by atoms with Gasteiger partial charge in [0.25, 0.3) is 0 Å². The van der Waals surface area contributed by atoms with Crippen LogP contribution in [0.4, 0.5) is 0 Å². The van der Waals surface area contributed by atoms with Crippen LogP contribution in [0, 0.1) is 0 Å². The van der Waals surface area contributed by atoms with Crippen LogP contribution in [0.1, 0.15) is 5.56 Å². The van der Waals surface area contributed by atoms with Crippen molar-refractivity contribution >= 4 is 12.6 Å². The Kier molecular flexibility index (Phi) is 4.66. The lowest BCUT2D eigenvalue weighted by molar-refractivity contribution is 0.303. The highest BCUT2D eigenvalue weighted by Crippen LogP contribution is 2.16. The second-order valence-corrected chi connectivity index (χ2v) is 5.01. The van der Waals surface area contributed by atoms with E-state index in [0.29, 0.717) is 23.6 Å². The molecule has 0 unspecified atom stereocenters. The fourth-order valence-corrected chi connectivity index (χ4v) is 2.09. The second kappa shape index (κ2) is 7.04. The summed E-state index contributed by atoms with van der Waals surface area (Å²) in [5.41, 5.74) is 2.30. The fourth-order valence-electron chi connectivity index (χ4n) is 2.09. The Morgan fingerprint density at radius 2 is 1.52 bits per heavy atom. The lowest BCUT2D eigenvalue weighted by Gasteiger charge is -2.06. The van der Waals surface area contributed by atoms with Crippen LogP contribution >= 0.6 is 0 Å². The highest BCUT2D eigenvalue weighted by Gasteiger charge is 2.10. The smallest absolute Gasteiger partial charge is 0.486 e. The maximum atomic E-state index is 9.08. The first-order valence-corrected chi connectivity index (χ1v) is 7.17. The van der Waals surface area contributed by atoms with Crippen LogP contribution in [0.5, 0.6) is 5.75 Å². The first-order valence-electron chi connectivity index (χ1n) is 7.17. The van der Waals surface area contributed by atoms with Gasteiger partial charge in [0.1, 0.15) is 6.61 Å². The predicted octanol–water partition coefficient (Wildman–Crippen LogP) is 1.40. The maximum Gasteiger partial charge on any atom is 0.488 e. The molecule has 3 rings (SSSR count). The van der Waals surface area contributed by atoms with E-state index in [1.165, 1.54) is 0 Å². The molecule has 2 N–H and O–H groups in total. The Bertz CT molecular complexity index is 747. The van der Waals surface area contributed by atoms with Gasteiger partial charge in [-0.1, -0.05) is 54.6 Å². The number of hydrogen-bond acceptors (Lipinski definition) is 5. The summed E-state index contributed by atoms with van der Waals surface area (Å²) in [5.74, 6) is 1.15. The molecule has 0 aliphatic carbocycles. The predicted molar refractivity (Wildman–Crippen MR) is 88.1 cm³/mol. The van der Waals surface area contributed by atoms with E-state index in [0.717, 1.165) is 11.1 Å². The van der Waals surface area contributed by atoms with E-state index in [2.05, 4.69) is 9.97 Å². The molecule has 1 aromatic heterocycles. The van der Waals surface area contributed by atoms with Gasteiger partial charge in [0.15, 0.2) is 11.6 Å². The monoisotopic (exact) mass is 306 g/mol. The molecule has 23 heavy (non-hydrogen) atoms. The first kappa shape index (κ1) is 15.2. The van der Waals surface area contributed by atoms with Gasteiger partial charge in [-0.05, 0) is 11.0 Å². The van der Waals surface area contributed by atoms with Crippen LogP contribution in [-0.4, -0.2) is 27.1 Å². The van der Waals surface area contributed by atoms with Crippen molar-refractivity contribution < 1.29 is 14.8 Å². The van der Waals surface area contributed by atoms with Crippen molar-refractivity contribution in [3.8, 4) is 17.1 Å². The summed E-state index contributed by atoms with van der Waals surface area (Å²) >= 11 is 0. The zero-order valence-electron chi connectivity index (χ0n) is 12.3. The highest BCUT2D eigenvalue weighted by molar-refractivity contribution is 6.58. The molecule has 0 saturated carbocycles. The topological polar surface area (TPSA) is 75.5 Å². The van der Waals surface area contributed by atoms with E-state index in [4.69, 9.17) is 14.8 Å². The molecule has 114 valence electrons. The van der Waals surface area contributed by atoms with Gasteiger partial charge in [-0.3, -0.25) is 0 Å². The Balaban J connectivity index is 1.67. The molecule has 0 saturated heterocycles. The van der Waals surface area contributed by atoms with Gasteiger partial charge in [-0.15, -0.1) is 0 Å². The van der Waals surface area contributed by atoms with E-state index in [1.54, 1.807) is 36.7 Å². The summed E-state index contributed by atoms with van der Waals surface area (Å²) in [6, 6.07) is 16.6. The van der Waals surface area contributed by atoms with Crippen LogP contribution in [0.3, 0.4) is 0 Å². The molecule has 6 heteroatoms.